The molecular weight excluding hydrogens is 269 g/mol. The van der Waals surface area contributed by atoms with Gasteiger partial charge in [-0.2, -0.15) is 0 Å². The molecule has 0 aliphatic rings. The zero-order valence-electron chi connectivity index (χ0n) is 11.5. The first-order valence-corrected chi connectivity index (χ1v) is 6.58. The molecule has 0 spiro atoms. The number of nitrogens with one attached hydrogen (secondary N) is 1. The molecule has 4 nitrogen and oxygen atoms in total. The summed E-state index contributed by atoms with van der Waals surface area (Å²) in [6.07, 6.45) is 1.29. The van der Waals surface area contributed by atoms with Crippen molar-refractivity contribution in [3.05, 3.63) is 65.8 Å². The summed E-state index contributed by atoms with van der Waals surface area (Å²) in [4.78, 5) is 0. The van der Waals surface area contributed by atoms with Gasteiger partial charge >= 0.3 is 0 Å². The van der Waals surface area contributed by atoms with Gasteiger partial charge in [0.05, 0.1) is 0 Å². The van der Waals surface area contributed by atoms with Gasteiger partial charge in [0.1, 0.15) is 5.82 Å². The van der Waals surface area contributed by atoms with Crippen LogP contribution < -0.4 is 5.32 Å². The Labute approximate surface area is 121 Å². The van der Waals surface area contributed by atoms with Gasteiger partial charge in [0.2, 0.25) is 12.3 Å². The minimum atomic E-state index is -0.207. The van der Waals surface area contributed by atoms with E-state index in [2.05, 4.69) is 15.5 Å². The molecule has 0 aliphatic heterocycles. The summed E-state index contributed by atoms with van der Waals surface area (Å²) in [7, 11) is 0. The Bertz CT molecular complexity index is 741. The SMILES string of the molecule is Cc1ccc(F)c(CNc2cccc(-c3nnco3)c2)c1. The third-order valence-electron chi connectivity index (χ3n) is 3.15. The summed E-state index contributed by atoms with van der Waals surface area (Å²) in [5.41, 5.74) is 3.36. The third kappa shape index (κ3) is 3.08. The van der Waals surface area contributed by atoms with Crippen molar-refractivity contribution in [2.75, 3.05) is 5.32 Å². The Hall–Kier alpha value is -2.69. The number of hydrogen-bond donors (Lipinski definition) is 1. The summed E-state index contributed by atoms with van der Waals surface area (Å²) < 4.78 is 18.9. The highest BCUT2D eigenvalue weighted by Gasteiger charge is 2.05. The van der Waals surface area contributed by atoms with Crippen LogP contribution in [0, 0.1) is 12.7 Å². The van der Waals surface area contributed by atoms with Crippen molar-refractivity contribution >= 4 is 5.69 Å². The quantitative estimate of drug-likeness (QED) is 0.791. The van der Waals surface area contributed by atoms with E-state index in [9.17, 15) is 4.39 Å². The number of rotatable bonds is 4. The van der Waals surface area contributed by atoms with Crippen LogP contribution >= 0.6 is 0 Å². The van der Waals surface area contributed by atoms with Gasteiger partial charge in [-0.25, -0.2) is 4.39 Å². The fourth-order valence-electron chi connectivity index (χ4n) is 2.10. The zero-order chi connectivity index (χ0) is 14.7. The molecule has 0 atom stereocenters. The maximum atomic E-state index is 13.7. The summed E-state index contributed by atoms with van der Waals surface area (Å²) in [5, 5.41) is 10.7. The molecule has 2 aromatic carbocycles. The molecule has 0 fully saturated rings. The molecule has 106 valence electrons. The van der Waals surface area contributed by atoms with Gasteiger partial charge in [-0.05, 0) is 31.2 Å². The normalized spacial score (nSPS) is 10.6. The average molecular weight is 283 g/mol. The molecule has 1 heterocycles. The highest BCUT2D eigenvalue weighted by molar-refractivity contribution is 5.60. The number of benzene rings is 2. The molecule has 3 rings (SSSR count). The number of halogens is 1. The van der Waals surface area contributed by atoms with Crippen LogP contribution in [-0.4, -0.2) is 10.2 Å². The van der Waals surface area contributed by atoms with Crippen molar-refractivity contribution in [1.82, 2.24) is 10.2 Å². The van der Waals surface area contributed by atoms with Crippen molar-refractivity contribution in [2.45, 2.75) is 13.5 Å². The Morgan fingerprint density at radius 2 is 2.10 bits per heavy atom. The minimum absolute atomic E-state index is 0.207. The Morgan fingerprint density at radius 1 is 1.19 bits per heavy atom. The zero-order valence-corrected chi connectivity index (χ0v) is 11.5. The van der Waals surface area contributed by atoms with Crippen molar-refractivity contribution in [2.24, 2.45) is 0 Å². The number of nitrogens with zero attached hydrogens (tertiary/aromatic N) is 2. The first-order valence-electron chi connectivity index (χ1n) is 6.58. The van der Waals surface area contributed by atoms with Crippen molar-refractivity contribution in [3.8, 4) is 11.5 Å². The molecule has 0 saturated heterocycles. The van der Waals surface area contributed by atoms with Gasteiger partial charge in [-0.15, -0.1) is 10.2 Å². The van der Waals surface area contributed by atoms with E-state index in [1.54, 1.807) is 6.07 Å². The summed E-state index contributed by atoms with van der Waals surface area (Å²) in [6.45, 7) is 2.36. The summed E-state index contributed by atoms with van der Waals surface area (Å²) >= 11 is 0. The maximum Gasteiger partial charge on any atom is 0.247 e. The van der Waals surface area contributed by atoms with Crippen LogP contribution in [0.3, 0.4) is 0 Å². The van der Waals surface area contributed by atoms with E-state index < -0.39 is 0 Å². The molecule has 0 bridgehead atoms. The average Bonchev–Trinajstić information content (AvgIpc) is 3.03. The molecule has 0 aliphatic carbocycles. The monoisotopic (exact) mass is 283 g/mol. The molecule has 0 unspecified atom stereocenters. The van der Waals surface area contributed by atoms with E-state index in [4.69, 9.17) is 4.42 Å². The van der Waals surface area contributed by atoms with E-state index in [1.165, 1.54) is 12.5 Å². The molecule has 21 heavy (non-hydrogen) atoms. The van der Waals surface area contributed by atoms with Crippen LogP contribution in [0.2, 0.25) is 0 Å². The Morgan fingerprint density at radius 3 is 2.90 bits per heavy atom. The lowest BCUT2D eigenvalue weighted by molar-refractivity contribution is 0.568. The van der Waals surface area contributed by atoms with Gasteiger partial charge in [-0.3, -0.25) is 0 Å². The van der Waals surface area contributed by atoms with E-state index in [-0.39, 0.29) is 5.82 Å². The highest BCUT2D eigenvalue weighted by Crippen LogP contribution is 2.21. The molecule has 0 amide bonds. The molecule has 5 heteroatoms. The van der Waals surface area contributed by atoms with Crippen LogP contribution in [-0.2, 0) is 6.54 Å². The standard InChI is InChI=1S/C16H14FN3O/c1-11-5-6-15(17)13(7-11)9-18-14-4-2-3-12(8-14)16-20-19-10-21-16/h2-8,10,18H,9H2,1H3. The Kier molecular flexibility index (Phi) is 3.64. The van der Waals surface area contributed by atoms with Crippen LogP contribution in [0.25, 0.3) is 11.5 Å². The largest absolute Gasteiger partial charge is 0.423 e. The van der Waals surface area contributed by atoms with E-state index >= 15 is 0 Å². The molecule has 1 aromatic heterocycles. The number of anilines is 1. The van der Waals surface area contributed by atoms with Gasteiger partial charge in [0.25, 0.3) is 0 Å². The lowest BCUT2D eigenvalue weighted by atomic mass is 10.1. The fourth-order valence-corrected chi connectivity index (χ4v) is 2.10. The second-order valence-electron chi connectivity index (χ2n) is 4.77. The molecule has 0 saturated carbocycles. The molecular formula is C16H14FN3O. The first kappa shape index (κ1) is 13.3. The lowest BCUT2D eigenvalue weighted by Gasteiger charge is -2.09. The third-order valence-corrected chi connectivity index (χ3v) is 3.15. The predicted octanol–water partition coefficient (Wildman–Crippen LogP) is 3.80. The van der Waals surface area contributed by atoms with E-state index in [1.807, 2.05) is 37.3 Å². The van der Waals surface area contributed by atoms with Crippen molar-refractivity contribution in [1.29, 1.82) is 0 Å². The van der Waals surface area contributed by atoms with Crippen LogP contribution in [0.15, 0.2) is 53.3 Å². The summed E-state index contributed by atoms with van der Waals surface area (Å²) in [6, 6.07) is 12.6. The number of hydrogen-bond acceptors (Lipinski definition) is 4. The van der Waals surface area contributed by atoms with Gasteiger partial charge in [0.15, 0.2) is 0 Å². The van der Waals surface area contributed by atoms with Crippen molar-refractivity contribution < 1.29 is 8.81 Å². The number of aryl methyl sites for hydroxylation is 1. The van der Waals surface area contributed by atoms with Gasteiger partial charge < -0.3 is 9.73 Å². The summed E-state index contributed by atoms with van der Waals surface area (Å²) in [5.74, 6) is 0.251. The topological polar surface area (TPSA) is 51.0 Å². The van der Waals surface area contributed by atoms with Crippen LogP contribution in [0.4, 0.5) is 10.1 Å². The Balaban J connectivity index is 1.76. The smallest absolute Gasteiger partial charge is 0.247 e. The first-order chi connectivity index (χ1) is 10.2. The fraction of sp³-hybridized carbons (Fsp3) is 0.125. The molecule has 1 N–H and O–H groups in total. The minimum Gasteiger partial charge on any atom is -0.423 e. The van der Waals surface area contributed by atoms with Gasteiger partial charge in [-0.1, -0.05) is 23.8 Å². The van der Waals surface area contributed by atoms with E-state index in [0.29, 0.717) is 18.0 Å². The molecule has 0 radical (unpaired) electrons. The van der Waals surface area contributed by atoms with Gasteiger partial charge in [0, 0.05) is 23.4 Å². The van der Waals surface area contributed by atoms with Crippen molar-refractivity contribution in [3.63, 3.8) is 0 Å². The highest BCUT2D eigenvalue weighted by atomic mass is 19.1. The van der Waals surface area contributed by atoms with Crippen LogP contribution in [0.1, 0.15) is 11.1 Å². The van der Waals surface area contributed by atoms with Crippen LogP contribution in [0.5, 0.6) is 0 Å². The lowest BCUT2D eigenvalue weighted by Crippen LogP contribution is -2.02. The maximum absolute atomic E-state index is 13.7. The van der Waals surface area contributed by atoms with E-state index in [0.717, 1.165) is 16.8 Å². The second kappa shape index (κ2) is 5.75. The number of aromatic nitrogens is 2. The second-order valence-corrected chi connectivity index (χ2v) is 4.77. The molecule has 3 aromatic rings. The predicted molar refractivity (Wildman–Crippen MR) is 78.2 cm³/mol.